The highest BCUT2D eigenvalue weighted by atomic mass is 35.5. The fraction of sp³-hybridized carbons (Fsp3) is 0.222. The zero-order chi connectivity index (χ0) is 17.6. The summed E-state index contributed by atoms with van der Waals surface area (Å²) in [5.74, 6) is 0.256. The molecule has 0 bridgehead atoms. The van der Waals surface area contributed by atoms with Crippen LogP contribution in [0.3, 0.4) is 0 Å². The number of benzene rings is 2. The van der Waals surface area contributed by atoms with Gasteiger partial charge in [0.25, 0.3) is 0 Å². The topological polar surface area (TPSA) is 82.3 Å². The first-order chi connectivity index (χ1) is 12.1. The van der Waals surface area contributed by atoms with E-state index in [4.69, 9.17) is 11.6 Å². The second-order valence-corrected chi connectivity index (χ2v) is 6.28. The lowest BCUT2D eigenvalue weighted by molar-refractivity contribution is -0.117. The molecule has 0 heterocycles. The number of anilines is 2. The Morgan fingerprint density at radius 2 is 1.76 bits per heavy atom. The SMILES string of the molecule is O=C(NCc1ccc(NC(=O)C2CC2)cc1)NNc1ccccc1Cl. The van der Waals surface area contributed by atoms with E-state index in [1.54, 1.807) is 12.1 Å². The highest BCUT2D eigenvalue weighted by Crippen LogP contribution is 2.30. The molecule has 0 aliphatic heterocycles. The van der Waals surface area contributed by atoms with Gasteiger partial charge in [0, 0.05) is 18.2 Å². The van der Waals surface area contributed by atoms with E-state index >= 15 is 0 Å². The van der Waals surface area contributed by atoms with E-state index < -0.39 is 0 Å². The second-order valence-electron chi connectivity index (χ2n) is 5.87. The number of carbonyl (C=O) groups excluding carboxylic acids is 2. The minimum absolute atomic E-state index is 0.0795. The standard InChI is InChI=1S/C18H19ClN4O2/c19-15-3-1-2-4-16(15)22-23-18(25)20-11-12-5-9-14(10-6-12)21-17(24)13-7-8-13/h1-6,9-10,13,22H,7-8,11H2,(H,21,24)(H2,20,23,25). The Morgan fingerprint density at radius 3 is 2.44 bits per heavy atom. The van der Waals surface area contributed by atoms with Crippen molar-refractivity contribution in [2.45, 2.75) is 19.4 Å². The van der Waals surface area contributed by atoms with Crippen LogP contribution in [0.5, 0.6) is 0 Å². The van der Waals surface area contributed by atoms with E-state index in [9.17, 15) is 9.59 Å². The fourth-order valence-electron chi connectivity index (χ4n) is 2.21. The predicted octanol–water partition coefficient (Wildman–Crippen LogP) is 3.51. The van der Waals surface area contributed by atoms with Gasteiger partial charge in [-0.25, -0.2) is 4.79 Å². The molecule has 3 amide bonds. The van der Waals surface area contributed by atoms with Gasteiger partial charge in [0.2, 0.25) is 5.91 Å². The van der Waals surface area contributed by atoms with Crippen molar-refractivity contribution in [1.29, 1.82) is 0 Å². The van der Waals surface area contributed by atoms with Crippen LogP contribution >= 0.6 is 11.6 Å². The molecule has 0 atom stereocenters. The molecule has 0 saturated heterocycles. The molecule has 2 aromatic rings. The van der Waals surface area contributed by atoms with E-state index in [0.717, 1.165) is 24.1 Å². The summed E-state index contributed by atoms with van der Waals surface area (Å²) >= 11 is 5.99. The number of carbonyl (C=O) groups is 2. The summed E-state index contributed by atoms with van der Waals surface area (Å²) in [5, 5.41) is 6.13. The molecule has 1 aliphatic rings. The van der Waals surface area contributed by atoms with Gasteiger partial charge < -0.3 is 10.6 Å². The fourth-order valence-corrected chi connectivity index (χ4v) is 2.39. The molecular formula is C18H19ClN4O2. The number of hydrogen-bond acceptors (Lipinski definition) is 3. The first kappa shape index (κ1) is 17.1. The summed E-state index contributed by atoms with van der Waals surface area (Å²) in [6, 6.07) is 14.1. The molecule has 0 aromatic heterocycles. The van der Waals surface area contributed by atoms with E-state index in [1.807, 2.05) is 36.4 Å². The third kappa shape index (κ3) is 5.12. The normalized spacial score (nSPS) is 13.0. The lowest BCUT2D eigenvalue weighted by Gasteiger charge is -2.11. The highest BCUT2D eigenvalue weighted by Gasteiger charge is 2.29. The number of urea groups is 1. The Morgan fingerprint density at radius 1 is 1.04 bits per heavy atom. The zero-order valence-electron chi connectivity index (χ0n) is 13.5. The quantitative estimate of drug-likeness (QED) is 0.596. The minimum atomic E-state index is -0.369. The molecule has 25 heavy (non-hydrogen) atoms. The Labute approximate surface area is 150 Å². The molecule has 1 saturated carbocycles. The van der Waals surface area contributed by atoms with Crippen molar-refractivity contribution in [3.05, 3.63) is 59.1 Å². The molecule has 0 spiro atoms. The van der Waals surface area contributed by atoms with Crippen LogP contribution in [-0.4, -0.2) is 11.9 Å². The van der Waals surface area contributed by atoms with E-state index in [0.29, 0.717) is 17.3 Å². The number of para-hydroxylation sites is 1. The summed E-state index contributed by atoms with van der Waals surface area (Å²) < 4.78 is 0. The van der Waals surface area contributed by atoms with Crippen molar-refractivity contribution in [1.82, 2.24) is 10.7 Å². The first-order valence-electron chi connectivity index (χ1n) is 8.06. The molecule has 7 heteroatoms. The molecule has 6 nitrogen and oxygen atoms in total. The predicted molar refractivity (Wildman–Crippen MR) is 98.2 cm³/mol. The van der Waals surface area contributed by atoms with Gasteiger partial charge in [0.1, 0.15) is 0 Å². The second kappa shape index (κ2) is 7.90. The Hall–Kier alpha value is -2.73. The van der Waals surface area contributed by atoms with Crippen molar-refractivity contribution in [2.75, 3.05) is 10.7 Å². The molecule has 0 unspecified atom stereocenters. The molecule has 1 fully saturated rings. The molecule has 0 radical (unpaired) electrons. The smallest absolute Gasteiger partial charge is 0.333 e. The first-order valence-corrected chi connectivity index (χ1v) is 8.44. The van der Waals surface area contributed by atoms with Crippen LogP contribution in [0.1, 0.15) is 18.4 Å². The van der Waals surface area contributed by atoms with Crippen LogP contribution in [-0.2, 0) is 11.3 Å². The lowest BCUT2D eigenvalue weighted by Crippen LogP contribution is -2.38. The van der Waals surface area contributed by atoms with Crippen molar-refractivity contribution < 1.29 is 9.59 Å². The lowest BCUT2D eigenvalue weighted by atomic mass is 10.2. The van der Waals surface area contributed by atoms with E-state index in [1.165, 1.54) is 0 Å². The van der Waals surface area contributed by atoms with E-state index in [-0.39, 0.29) is 17.9 Å². The van der Waals surface area contributed by atoms with Crippen LogP contribution in [0.15, 0.2) is 48.5 Å². The monoisotopic (exact) mass is 358 g/mol. The molecule has 1 aliphatic carbocycles. The number of hydrazine groups is 1. The minimum Gasteiger partial charge on any atom is -0.333 e. The molecular weight excluding hydrogens is 340 g/mol. The molecule has 4 N–H and O–H groups in total. The van der Waals surface area contributed by atoms with Gasteiger partial charge in [-0.2, -0.15) is 0 Å². The Bertz CT molecular complexity index is 760. The van der Waals surface area contributed by atoms with Crippen LogP contribution in [0.4, 0.5) is 16.2 Å². The van der Waals surface area contributed by atoms with Crippen LogP contribution in [0.2, 0.25) is 5.02 Å². The van der Waals surface area contributed by atoms with Gasteiger partial charge in [-0.05, 0) is 42.7 Å². The average Bonchev–Trinajstić information content (AvgIpc) is 3.45. The summed E-state index contributed by atoms with van der Waals surface area (Å²) in [7, 11) is 0. The maximum absolute atomic E-state index is 11.8. The van der Waals surface area contributed by atoms with Gasteiger partial charge >= 0.3 is 6.03 Å². The summed E-state index contributed by atoms with van der Waals surface area (Å²) in [6.07, 6.45) is 1.95. The third-order valence-electron chi connectivity index (χ3n) is 3.81. The van der Waals surface area contributed by atoms with Crippen LogP contribution < -0.4 is 21.5 Å². The van der Waals surface area contributed by atoms with Crippen molar-refractivity contribution in [2.24, 2.45) is 5.92 Å². The van der Waals surface area contributed by atoms with Gasteiger partial charge in [-0.3, -0.25) is 15.6 Å². The van der Waals surface area contributed by atoms with E-state index in [2.05, 4.69) is 21.5 Å². The summed E-state index contributed by atoms with van der Waals surface area (Å²) in [4.78, 5) is 23.5. The zero-order valence-corrected chi connectivity index (χ0v) is 14.3. The number of rotatable bonds is 6. The highest BCUT2D eigenvalue weighted by molar-refractivity contribution is 6.33. The molecule has 130 valence electrons. The van der Waals surface area contributed by atoms with Crippen LogP contribution in [0.25, 0.3) is 0 Å². The van der Waals surface area contributed by atoms with Gasteiger partial charge in [-0.15, -0.1) is 0 Å². The van der Waals surface area contributed by atoms with Crippen molar-refractivity contribution >= 4 is 34.9 Å². The van der Waals surface area contributed by atoms with Crippen LogP contribution in [0, 0.1) is 5.92 Å². The Balaban J connectivity index is 1.42. The maximum atomic E-state index is 11.8. The number of amides is 3. The van der Waals surface area contributed by atoms with Crippen molar-refractivity contribution in [3.63, 3.8) is 0 Å². The average molecular weight is 359 g/mol. The molecule has 3 rings (SSSR count). The Kier molecular flexibility index (Phi) is 5.40. The summed E-state index contributed by atoms with van der Waals surface area (Å²) in [6.45, 7) is 0.368. The largest absolute Gasteiger partial charge is 0.333 e. The number of nitrogens with one attached hydrogen (secondary N) is 4. The van der Waals surface area contributed by atoms with Gasteiger partial charge in [-0.1, -0.05) is 35.9 Å². The maximum Gasteiger partial charge on any atom is 0.333 e. The van der Waals surface area contributed by atoms with Crippen molar-refractivity contribution in [3.8, 4) is 0 Å². The van der Waals surface area contributed by atoms with Gasteiger partial charge in [0.05, 0.1) is 10.7 Å². The van der Waals surface area contributed by atoms with Gasteiger partial charge in [0.15, 0.2) is 0 Å². The number of hydrogen-bond donors (Lipinski definition) is 4. The molecule has 2 aromatic carbocycles. The summed E-state index contributed by atoms with van der Waals surface area (Å²) in [5.41, 5.74) is 7.60. The third-order valence-corrected chi connectivity index (χ3v) is 4.14. The number of halogens is 1.